The van der Waals surface area contributed by atoms with Crippen LogP contribution in [0.2, 0.25) is 0 Å². The van der Waals surface area contributed by atoms with Crippen molar-refractivity contribution in [1.82, 2.24) is 0 Å². The van der Waals surface area contributed by atoms with Crippen molar-refractivity contribution in [2.45, 2.75) is 13.0 Å². The number of nitriles is 1. The van der Waals surface area contributed by atoms with Gasteiger partial charge < -0.3 is 11.1 Å². The molecule has 0 spiro atoms. The highest BCUT2D eigenvalue weighted by molar-refractivity contribution is 5.50. The Balaban J connectivity index is 2.01. The van der Waals surface area contributed by atoms with Crippen LogP contribution in [0.3, 0.4) is 0 Å². The zero-order valence-corrected chi connectivity index (χ0v) is 11.1. The van der Waals surface area contributed by atoms with Gasteiger partial charge in [0.05, 0.1) is 11.6 Å². The fourth-order valence-electron chi connectivity index (χ4n) is 1.95. The number of rotatable bonds is 5. The van der Waals surface area contributed by atoms with Crippen molar-refractivity contribution in [2.24, 2.45) is 5.73 Å². The second-order valence-corrected chi connectivity index (χ2v) is 4.55. The van der Waals surface area contributed by atoms with Crippen LogP contribution in [0.1, 0.15) is 16.7 Å². The van der Waals surface area contributed by atoms with Gasteiger partial charge in [0.1, 0.15) is 5.82 Å². The monoisotopic (exact) mass is 269 g/mol. The average molecular weight is 269 g/mol. The molecule has 0 heterocycles. The Morgan fingerprint density at radius 1 is 1.10 bits per heavy atom. The maximum atomic E-state index is 13.3. The van der Waals surface area contributed by atoms with Crippen LogP contribution in [0.5, 0.6) is 0 Å². The van der Waals surface area contributed by atoms with Crippen LogP contribution in [-0.2, 0) is 13.0 Å². The molecule has 0 radical (unpaired) electrons. The second-order valence-electron chi connectivity index (χ2n) is 4.55. The summed E-state index contributed by atoms with van der Waals surface area (Å²) < 4.78 is 13.3. The quantitative estimate of drug-likeness (QED) is 0.877. The lowest BCUT2D eigenvalue weighted by molar-refractivity contribution is 0.627. The predicted octanol–water partition coefficient (Wildman–Crippen LogP) is 2.81. The van der Waals surface area contributed by atoms with Crippen molar-refractivity contribution >= 4 is 5.69 Å². The molecule has 0 fully saturated rings. The van der Waals surface area contributed by atoms with Gasteiger partial charge >= 0.3 is 0 Å². The molecule has 0 aliphatic heterocycles. The largest absolute Gasteiger partial charge is 0.381 e. The van der Waals surface area contributed by atoms with Gasteiger partial charge in [0.15, 0.2) is 0 Å². The Morgan fingerprint density at radius 3 is 2.45 bits per heavy atom. The van der Waals surface area contributed by atoms with E-state index >= 15 is 0 Å². The molecule has 0 saturated carbocycles. The molecular weight excluding hydrogens is 253 g/mol. The predicted molar refractivity (Wildman–Crippen MR) is 77.6 cm³/mol. The smallest absolute Gasteiger partial charge is 0.126 e. The molecule has 2 aromatic rings. The lowest BCUT2D eigenvalue weighted by Crippen LogP contribution is -2.03. The fraction of sp³-hybridized carbons (Fsp3) is 0.188. The molecule has 0 aliphatic carbocycles. The van der Waals surface area contributed by atoms with Gasteiger partial charge in [-0.2, -0.15) is 5.26 Å². The minimum atomic E-state index is -0.412. The molecule has 0 saturated heterocycles. The summed E-state index contributed by atoms with van der Waals surface area (Å²) in [7, 11) is 0. The molecule has 3 nitrogen and oxygen atoms in total. The standard InChI is InChI=1S/C16H16FN3/c17-15-7-14(10-19)8-16(9-15)20-11-13-3-1-12(2-4-13)5-6-18/h1-4,7-9,20H,5-6,11,18H2. The lowest BCUT2D eigenvalue weighted by atomic mass is 10.1. The third-order valence-electron chi connectivity index (χ3n) is 2.98. The first-order valence-electron chi connectivity index (χ1n) is 6.43. The molecule has 0 bridgehead atoms. The summed E-state index contributed by atoms with van der Waals surface area (Å²) in [5.41, 5.74) is 8.71. The summed E-state index contributed by atoms with van der Waals surface area (Å²) in [5.74, 6) is -0.412. The van der Waals surface area contributed by atoms with Crippen molar-refractivity contribution in [3.63, 3.8) is 0 Å². The molecule has 3 N–H and O–H groups in total. The highest BCUT2D eigenvalue weighted by Crippen LogP contribution is 2.15. The van der Waals surface area contributed by atoms with Gasteiger partial charge in [-0.3, -0.25) is 0 Å². The summed E-state index contributed by atoms with van der Waals surface area (Å²) in [6, 6.07) is 14.3. The van der Waals surface area contributed by atoms with Crippen LogP contribution in [0.4, 0.5) is 10.1 Å². The molecular formula is C16H16FN3. The van der Waals surface area contributed by atoms with E-state index in [2.05, 4.69) is 5.32 Å². The lowest BCUT2D eigenvalue weighted by Gasteiger charge is -2.08. The zero-order chi connectivity index (χ0) is 14.4. The third-order valence-corrected chi connectivity index (χ3v) is 2.98. The third kappa shape index (κ3) is 3.81. The molecule has 102 valence electrons. The molecule has 0 unspecified atom stereocenters. The maximum absolute atomic E-state index is 13.3. The summed E-state index contributed by atoms with van der Waals surface area (Å²) in [5, 5.41) is 11.9. The summed E-state index contributed by atoms with van der Waals surface area (Å²) in [6.07, 6.45) is 0.864. The first kappa shape index (κ1) is 14.0. The van der Waals surface area contributed by atoms with Crippen molar-refractivity contribution in [3.8, 4) is 6.07 Å². The van der Waals surface area contributed by atoms with E-state index in [1.165, 1.54) is 17.7 Å². The molecule has 0 aliphatic rings. The topological polar surface area (TPSA) is 61.8 Å². The zero-order valence-electron chi connectivity index (χ0n) is 11.1. The first-order chi connectivity index (χ1) is 9.71. The van der Waals surface area contributed by atoms with Crippen molar-refractivity contribution < 1.29 is 4.39 Å². The van der Waals surface area contributed by atoms with Crippen LogP contribution in [0, 0.1) is 17.1 Å². The van der Waals surface area contributed by atoms with Gasteiger partial charge in [0.25, 0.3) is 0 Å². The molecule has 2 rings (SSSR count). The van der Waals surface area contributed by atoms with Gasteiger partial charge in [-0.1, -0.05) is 24.3 Å². The molecule has 2 aromatic carbocycles. The van der Waals surface area contributed by atoms with Gasteiger partial charge in [0, 0.05) is 12.2 Å². The van der Waals surface area contributed by atoms with Gasteiger partial charge in [-0.25, -0.2) is 4.39 Å². The normalized spacial score (nSPS) is 10.1. The summed E-state index contributed by atoms with van der Waals surface area (Å²) in [6.45, 7) is 1.22. The van der Waals surface area contributed by atoms with Crippen molar-refractivity contribution in [1.29, 1.82) is 5.26 Å². The minimum Gasteiger partial charge on any atom is -0.381 e. The van der Waals surface area contributed by atoms with Crippen LogP contribution < -0.4 is 11.1 Å². The van der Waals surface area contributed by atoms with E-state index in [1.807, 2.05) is 30.3 Å². The van der Waals surface area contributed by atoms with Gasteiger partial charge in [0.2, 0.25) is 0 Å². The van der Waals surface area contributed by atoms with E-state index < -0.39 is 5.82 Å². The Hall–Kier alpha value is -2.38. The van der Waals surface area contributed by atoms with Gasteiger partial charge in [-0.05, 0) is 42.3 Å². The van der Waals surface area contributed by atoms with E-state index in [1.54, 1.807) is 6.07 Å². The van der Waals surface area contributed by atoms with E-state index in [0.717, 1.165) is 12.0 Å². The van der Waals surface area contributed by atoms with Crippen LogP contribution in [0.15, 0.2) is 42.5 Å². The molecule has 20 heavy (non-hydrogen) atoms. The number of benzene rings is 2. The average Bonchev–Trinajstić information content (AvgIpc) is 2.46. The number of anilines is 1. The Morgan fingerprint density at radius 2 is 1.80 bits per heavy atom. The second kappa shape index (κ2) is 6.69. The number of halogens is 1. The number of nitrogens with zero attached hydrogens (tertiary/aromatic N) is 1. The van der Waals surface area contributed by atoms with E-state index in [-0.39, 0.29) is 0 Å². The van der Waals surface area contributed by atoms with Crippen LogP contribution in [-0.4, -0.2) is 6.54 Å². The van der Waals surface area contributed by atoms with Crippen molar-refractivity contribution in [2.75, 3.05) is 11.9 Å². The molecule has 0 amide bonds. The van der Waals surface area contributed by atoms with Crippen LogP contribution in [0.25, 0.3) is 0 Å². The molecule has 4 heteroatoms. The Bertz CT molecular complexity index is 615. The highest BCUT2D eigenvalue weighted by Gasteiger charge is 2.01. The Labute approximate surface area is 117 Å². The molecule has 0 atom stereocenters. The van der Waals surface area contributed by atoms with E-state index in [0.29, 0.717) is 24.3 Å². The maximum Gasteiger partial charge on any atom is 0.126 e. The fourth-order valence-corrected chi connectivity index (χ4v) is 1.95. The number of nitrogens with two attached hydrogens (primary N) is 1. The SMILES string of the molecule is N#Cc1cc(F)cc(NCc2ccc(CCN)cc2)c1. The summed E-state index contributed by atoms with van der Waals surface area (Å²) >= 11 is 0. The van der Waals surface area contributed by atoms with Gasteiger partial charge in [-0.15, -0.1) is 0 Å². The van der Waals surface area contributed by atoms with Crippen LogP contribution >= 0.6 is 0 Å². The number of hydrogen-bond acceptors (Lipinski definition) is 3. The van der Waals surface area contributed by atoms with E-state index in [4.69, 9.17) is 11.0 Å². The number of hydrogen-bond donors (Lipinski definition) is 2. The number of nitrogens with one attached hydrogen (secondary N) is 1. The summed E-state index contributed by atoms with van der Waals surface area (Å²) in [4.78, 5) is 0. The van der Waals surface area contributed by atoms with E-state index in [9.17, 15) is 4.39 Å². The van der Waals surface area contributed by atoms with Crippen molar-refractivity contribution in [3.05, 3.63) is 65.0 Å². The minimum absolute atomic E-state index is 0.311. The highest BCUT2D eigenvalue weighted by atomic mass is 19.1. The molecule has 0 aromatic heterocycles. The first-order valence-corrected chi connectivity index (χ1v) is 6.43. The Kier molecular flexibility index (Phi) is 4.70.